The molecule has 0 aliphatic heterocycles. The average molecular weight is 472 g/mol. The standard InChI is InChI=1S/C25H33N3O4S/c1-5-32-20-14-16-21(17-15-20)33(30,31)28-23-9-7-6-8-22(23)24(29)27-26-19-12-10-18(11-13-19)25(2,3)4/h6-9,14-18,28H,5,10-13H2,1-4H3,(H,27,29). The number of hydrogen-bond acceptors (Lipinski definition) is 5. The highest BCUT2D eigenvalue weighted by Gasteiger charge is 2.28. The minimum Gasteiger partial charge on any atom is -0.494 e. The molecule has 0 atom stereocenters. The van der Waals surface area contributed by atoms with Crippen molar-refractivity contribution >= 4 is 27.3 Å². The van der Waals surface area contributed by atoms with Crippen LogP contribution in [-0.2, 0) is 10.0 Å². The van der Waals surface area contributed by atoms with Crippen molar-refractivity contribution in [1.82, 2.24) is 5.43 Å². The van der Waals surface area contributed by atoms with Crippen LogP contribution in [0.5, 0.6) is 5.75 Å². The van der Waals surface area contributed by atoms with Crippen LogP contribution in [0.2, 0.25) is 0 Å². The van der Waals surface area contributed by atoms with Gasteiger partial charge in [0.2, 0.25) is 0 Å². The number of rotatable bonds is 7. The molecule has 0 aromatic heterocycles. The average Bonchev–Trinajstić information content (AvgIpc) is 2.78. The van der Waals surface area contributed by atoms with E-state index in [1.165, 1.54) is 12.1 Å². The van der Waals surface area contributed by atoms with Crippen LogP contribution in [0.3, 0.4) is 0 Å². The van der Waals surface area contributed by atoms with Gasteiger partial charge in [-0.2, -0.15) is 5.10 Å². The molecule has 33 heavy (non-hydrogen) atoms. The first-order chi connectivity index (χ1) is 15.6. The summed E-state index contributed by atoms with van der Waals surface area (Å²) < 4.78 is 33.6. The number of nitrogens with zero attached hydrogens (tertiary/aromatic N) is 1. The molecular formula is C25H33N3O4S. The van der Waals surface area contributed by atoms with Gasteiger partial charge in [0.05, 0.1) is 22.8 Å². The summed E-state index contributed by atoms with van der Waals surface area (Å²) in [6, 6.07) is 12.6. The quantitative estimate of drug-likeness (QED) is 0.542. The van der Waals surface area contributed by atoms with Crippen molar-refractivity contribution in [2.75, 3.05) is 11.3 Å². The first-order valence-corrected chi connectivity index (χ1v) is 12.8. The second-order valence-corrected chi connectivity index (χ2v) is 11.0. The van der Waals surface area contributed by atoms with Gasteiger partial charge in [-0.3, -0.25) is 9.52 Å². The Bertz CT molecular complexity index is 1090. The molecule has 2 aromatic carbocycles. The number of nitrogens with one attached hydrogen (secondary N) is 2. The van der Waals surface area contributed by atoms with Crippen LogP contribution in [0.1, 0.15) is 63.7 Å². The van der Waals surface area contributed by atoms with Crippen molar-refractivity contribution in [3.63, 3.8) is 0 Å². The van der Waals surface area contributed by atoms with Gasteiger partial charge in [0.15, 0.2) is 0 Å². The Morgan fingerprint density at radius 3 is 2.30 bits per heavy atom. The highest BCUT2D eigenvalue weighted by atomic mass is 32.2. The number of sulfonamides is 1. The zero-order valence-corrected chi connectivity index (χ0v) is 20.5. The van der Waals surface area contributed by atoms with Gasteiger partial charge in [0.25, 0.3) is 15.9 Å². The molecule has 0 saturated heterocycles. The largest absolute Gasteiger partial charge is 0.494 e. The maximum Gasteiger partial charge on any atom is 0.273 e. The van der Waals surface area contributed by atoms with Gasteiger partial charge in [-0.1, -0.05) is 32.9 Å². The number of anilines is 1. The molecule has 2 aromatic rings. The summed E-state index contributed by atoms with van der Waals surface area (Å²) in [6.45, 7) is 9.12. The Morgan fingerprint density at radius 2 is 1.70 bits per heavy atom. The Kier molecular flexibility index (Phi) is 7.79. The van der Waals surface area contributed by atoms with Crippen LogP contribution < -0.4 is 14.9 Å². The first-order valence-electron chi connectivity index (χ1n) is 11.3. The number of carbonyl (C=O) groups excluding carboxylic acids is 1. The molecule has 178 valence electrons. The van der Waals surface area contributed by atoms with Crippen molar-refractivity contribution in [1.29, 1.82) is 0 Å². The predicted molar refractivity (Wildman–Crippen MR) is 131 cm³/mol. The Labute approximate surface area is 196 Å². The third-order valence-corrected chi connectivity index (χ3v) is 7.35. The zero-order valence-electron chi connectivity index (χ0n) is 19.7. The highest BCUT2D eigenvalue weighted by molar-refractivity contribution is 7.92. The van der Waals surface area contributed by atoms with Gasteiger partial charge in [-0.15, -0.1) is 0 Å². The number of hydrogen-bond donors (Lipinski definition) is 2. The van der Waals surface area contributed by atoms with Crippen LogP contribution in [0.15, 0.2) is 58.5 Å². The molecule has 1 amide bonds. The van der Waals surface area contributed by atoms with Crippen molar-refractivity contribution in [3.05, 3.63) is 54.1 Å². The van der Waals surface area contributed by atoms with Crippen LogP contribution in [0.25, 0.3) is 0 Å². The summed E-state index contributed by atoms with van der Waals surface area (Å²) in [6.07, 6.45) is 3.82. The lowest BCUT2D eigenvalue weighted by molar-refractivity contribution is 0.0955. The molecule has 8 heteroatoms. The van der Waals surface area contributed by atoms with Crippen LogP contribution in [0.4, 0.5) is 5.69 Å². The number of amides is 1. The summed E-state index contributed by atoms with van der Waals surface area (Å²) in [4.78, 5) is 12.9. The van der Waals surface area contributed by atoms with Gasteiger partial charge in [-0.05, 0) is 80.3 Å². The number of para-hydroxylation sites is 1. The molecule has 3 rings (SSSR count). The molecule has 0 bridgehead atoms. The fourth-order valence-corrected chi connectivity index (χ4v) is 5.05. The molecule has 2 N–H and O–H groups in total. The van der Waals surface area contributed by atoms with Crippen molar-refractivity contribution in [3.8, 4) is 5.75 Å². The van der Waals surface area contributed by atoms with E-state index in [-0.39, 0.29) is 21.6 Å². The van der Waals surface area contributed by atoms with E-state index in [4.69, 9.17) is 4.74 Å². The topological polar surface area (TPSA) is 96.9 Å². The van der Waals surface area contributed by atoms with Crippen molar-refractivity contribution in [2.45, 2.75) is 58.3 Å². The van der Waals surface area contributed by atoms with Gasteiger partial charge in [0, 0.05) is 5.71 Å². The second-order valence-electron chi connectivity index (χ2n) is 9.31. The fraction of sp³-hybridized carbons (Fsp3) is 0.440. The SMILES string of the molecule is CCOc1ccc(S(=O)(=O)Nc2ccccc2C(=O)NN=C2CCC(C(C)(C)C)CC2)cc1. The van der Waals surface area contributed by atoms with E-state index in [0.29, 0.717) is 18.3 Å². The van der Waals surface area contributed by atoms with Gasteiger partial charge in [0.1, 0.15) is 5.75 Å². The molecule has 0 radical (unpaired) electrons. The molecular weight excluding hydrogens is 438 g/mol. The molecule has 1 fully saturated rings. The maximum absolute atomic E-state index is 12.9. The Hall–Kier alpha value is -2.87. The van der Waals surface area contributed by atoms with E-state index < -0.39 is 15.9 Å². The van der Waals surface area contributed by atoms with Crippen LogP contribution >= 0.6 is 0 Å². The predicted octanol–water partition coefficient (Wildman–Crippen LogP) is 5.21. The lowest BCUT2D eigenvalue weighted by Crippen LogP contribution is -2.28. The van der Waals surface area contributed by atoms with E-state index in [1.54, 1.807) is 36.4 Å². The smallest absolute Gasteiger partial charge is 0.273 e. The molecule has 0 spiro atoms. The monoisotopic (exact) mass is 471 g/mol. The van der Waals surface area contributed by atoms with Gasteiger partial charge >= 0.3 is 0 Å². The number of ether oxygens (including phenoxy) is 1. The maximum atomic E-state index is 12.9. The summed E-state index contributed by atoms with van der Waals surface area (Å²) in [5.41, 5.74) is 4.25. The normalized spacial score (nSPS) is 16.7. The van der Waals surface area contributed by atoms with E-state index >= 15 is 0 Å². The zero-order chi connectivity index (χ0) is 24.1. The van der Waals surface area contributed by atoms with E-state index in [0.717, 1.165) is 31.4 Å². The minimum atomic E-state index is -3.88. The molecule has 0 unspecified atom stereocenters. The summed E-state index contributed by atoms with van der Waals surface area (Å²) in [5.74, 6) is 0.780. The van der Waals surface area contributed by atoms with Crippen molar-refractivity contribution < 1.29 is 17.9 Å². The Balaban J connectivity index is 1.69. The Morgan fingerprint density at radius 1 is 1.06 bits per heavy atom. The van der Waals surface area contributed by atoms with Gasteiger partial charge < -0.3 is 4.74 Å². The summed E-state index contributed by atoms with van der Waals surface area (Å²) in [7, 11) is -3.88. The highest BCUT2D eigenvalue weighted by Crippen LogP contribution is 2.36. The lowest BCUT2D eigenvalue weighted by atomic mass is 9.72. The van der Waals surface area contributed by atoms with Gasteiger partial charge in [-0.25, -0.2) is 13.8 Å². The van der Waals surface area contributed by atoms with Crippen LogP contribution in [-0.4, -0.2) is 26.6 Å². The van der Waals surface area contributed by atoms with E-state index in [1.807, 2.05) is 6.92 Å². The molecule has 7 nitrogen and oxygen atoms in total. The summed E-state index contributed by atoms with van der Waals surface area (Å²) >= 11 is 0. The fourth-order valence-electron chi connectivity index (χ4n) is 3.97. The number of carbonyl (C=O) groups is 1. The second kappa shape index (κ2) is 10.4. The molecule has 1 saturated carbocycles. The number of hydrazone groups is 1. The third-order valence-electron chi connectivity index (χ3n) is 5.96. The first kappa shape index (κ1) is 24.8. The van der Waals surface area contributed by atoms with Crippen LogP contribution in [0, 0.1) is 11.3 Å². The third kappa shape index (κ3) is 6.57. The summed E-state index contributed by atoms with van der Waals surface area (Å²) in [5, 5.41) is 4.32. The minimum absolute atomic E-state index is 0.0806. The molecule has 1 aliphatic carbocycles. The number of benzene rings is 2. The van der Waals surface area contributed by atoms with Crippen molar-refractivity contribution in [2.24, 2.45) is 16.4 Å². The molecule has 0 heterocycles. The molecule has 1 aliphatic rings. The van der Waals surface area contributed by atoms with E-state index in [9.17, 15) is 13.2 Å². The van der Waals surface area contributed by atoms with E-state index in [2.05, 4.69) is 36.0 Å². The lowest BCUT2D eigenvalue weighted by Gasteiger charge is -2.34.